The number of anilines is 2. The first-order valence-corrected chi connectivity index (χ1v) is 8.21. The van der Waals surface area contributed by atoms with Gasteiger partial charge >= 0.3 is 0 Å². The van der Waals surface area contributed by atoms with Gasteiger partial charge in [0.05, 0.1) is 21.8 Å². The summed E-state index contributed by atoms with van der Waals surface area (Å²) in [6.45, 7) is 0. The van der Waals surface area contributed by atoms with Crippen LogP contribution >= 0.6 is 34.5 Å². The molecule has 0 saturated heterocycles. The van der Waals surface area contributed by atoms with E-state index in [9.17, 15) is 4.79 Å². The zero-order valence-corrected chi connectivity index (χ0v) is 13.7. The van der Waals surface area contributed by atoms with E-state index in [1.807, 2.05) is 18.2 Å². The SMILES string of the molecule is O=C(N/N=C/c1sc(Nc2ccccc2Cl)nc1Cl)C1CC1. The van der Waals surface area contributed by atoms with E-state index in [1.165, 1.54) is 17.6 Å². The highest BCUT2D eigenvalue weighted by atomic mass is 35.5. The number of aromatic nitrogens is 1. The summed E-state index contributed by atoms with van der Waals surface area (Å²) in [5.74, 6) is 0.0674. The summed E-state index contributed by atoms with van der Waals surface area (Å²) in [5.41, 5.74) is 3.25. The van der Waals surface area contributed by atoms with Crippen LogP contribution in [0.5, 0.6) is 0 Å². The Hall–Kier alpha value is -1.63. The standard InChI is InChI=1S/C14H12Cl2N4OS/c15-9-3-1-2-4-10(9)18-14-19-12(16)11(22-14)7-17-20-13(21)8-5-6-8/h1-4,7-8H,5-6H2,(H,18,19)(H,20,21)/b17-7+. The van der Waals surface area contributed by atoms with Crippen LogP contribution < -0.4 is 10.7 Å². The summed E-state index contributed by atoms with van der Waals surface area (Å²) in [5, 5.41) is 8.54. The van der Waals surface area contributed by atoms with Gasteiger partial charge in [-0.15, -0.1) is 0 Å². The molecule has 1 fully saturated rings. The van der Waals surface area contributed by atoms with E-state index in [1.54, 1.807) is 6.07 Å². The summed E-state index contributed by atoms with van der Waals surface area (Å²) in [4.78, 5) is 16.3. The minimum Gasteiger partial charge on any atom is -0.330 e. The number of thiazole rings is 1. The molecule has 5 nitrogen and oxygen atoms in total. The number of hydrogen-bond donors (Lipinski definition) is 2. The second-order valence-electron chi connectivity index (χ2n) is 4.79. The number of halogens is 2. The van der Waals surface area contributed by atoms with Crippen LogP contribution in [0.2, 0.25) is 10.2 Å². The first kappa shape index (κ1) is 15.3. The molecule has 2 N–H and O–H groups in total. The highest BCUT2D eigenvalue weighted by Gasteiger charge is 2.29. The molecular weight excluding hydrogens is 343 g/mol. The monoisotopic (exact) mass is 354 g/mol. The molecule has 1 aromatic carbocycles. The minimum absolute atomic E-state index is 0.0497. The van der Waals surface area contributed by atoms with Crippen molar-refractivity contribution in [2.75, 3.05) is 5.32 Å². The average Bonchev–Trinajstić information content (AvgIpc) is 3.28. The molecule has 1 aliphatic rings. The van der Waals surface area contributed by atoms with Crippen molar-refractivity contribution in [2.45, 2.75) is 12.8 Å². The third kappa shape index (κ3) is 3.76. The van der Waals surface area contributed by atoms with E-state index in [4.69, 9.17) is 23.2 Å². The number of nitrogens with zero attached hydrogens (tertiary/aromatic N) is 2. The lowest BCUT2D eigenvalue weighted by Gasteiger charge is -2.03. The van der Waals surface area contributed by atoms with Gasteiger partial charge in [0, 0.05) is 5.92 Å². The zero-order valence-electron chi connectivity index (χ0n) is 11.3. The minimum atomic E-state index is -0.0497. The van der Waals surface area contributed by atoms with Gasteiger partial charge in [0.1, 0.15) is 0 Å². The van der Waals surface area contributed by atoms with E-state index in [-0.39, 0.29) is 11.8 Å². The van der Waals surface area contributed by atoms with Crippen molar-refractivity contribution >= 4 is 57.5 Å². The molecule has 1 heterocycles. The van der Waals surface area contributed by atoms with Crippen molar-refractivity contribution in [3.8, 4) is 0 Å². The quantitative estimate of drug-likeness (QED) is 0.628. The number of carbonyl (C=O) groups excluding carboxylic acids is 1. The van der Waals surface area contributed by atoms with Gasteiger partial charge in [0.15, 0.2) is 10.3 Å². The van der Waals surface area contributed by atoms with E-state index in [0.29, 0.717) is 20.2 Å². The molecule has 0 atom stereocenters. The Morgan fingerprint density at radius 1 is 1.36 bits per heavy atom. The molecule has 1 amide bonds. The van der Waals surface area contributed by atoms with Crippen LogP contribution in [0.3, 0.4) is 0 Å². The smallest absolute Gasteiger partial charge is 0.243 e. The van der Waals surface area contributed by atoms with Gasteiger partial charge in [-0.1, -0.05) is 46.7 Å². The average molecular weight is 355 g/mol. The third-order valence-corrected chi connectivity index (χ3v) is 4.66. The van der Waals surface area contributed by atoms with Crippen LogP contribution in [0.15, 0.2) is 29.4 Å². The molecule has 1 aromatic heterocycles. The number of nitrogens with one attached hydrogen (secondary N) is 2. The highest BCUT2D eigenvalue weighted by Crippen LogP contribution is 2.31. The molecule has 0 radical (unpaired) electrons. The normalized spacial score (nSPS) is 14.3. The molecule has 3 rings (SSSR count). The van der Waals surface area contributed by atoms with E-state index < -0.39 is 0 Å². The fraction of sp³-hybridized carbons (Fsp3) is 0.214. The Bertz CT molecular complexity index is 727. The molecule has 0 spiro atoms. The molecule has 1 saturated carbocycles. The van der Waals surface area contributed by atoms with Gasteiger partial charge < -0.3 is 5.32 Å². The first-order valence-electron chi connectivity index (χ1n) is 6.64. The van der Waals surface area contributed by atoms with Crippen LogP contribution in [0.25, 0.3) is 0 Å². The second-order valence-corrected chi connectivity index (χ2v) is 6.58. The molecule has 1 aliphatic carbocycles. The summed E-state index contributed by atoms with van der Waals surface area (Å²) in [6.07, 6.45) is 3.38. The number of hydrogen-bond acceptors (Lipinski definition) is 5. The molecule has 22 heavy (non-hydrogen) atoms. The number of benzene rings is 1. The lowest BCUT2D eigenvalue weighted by atomic mass is 10.3. The summed E-state index contributed by atoms with van der Waals surface area (Å²) >= 11 is 13.5. The first-order chi connectivity index (χ1) is 10.6. The van der Waals surface area contributed by atoms with Gasteiger partial charge in [-0.25, -0.2) is 10.4 Å². The van der Waals surface area contributed by atoms with Gasteiger partial charge in [-0.05, 0) is 25.0 Å². The maximum absolute atomic E-state index is 11.5. The molecule has 2 aromatic rings. The van der Waals surface area contributed by atoms with E-state index in [2.05, 4.69) is 20.8 Å². The summed E-state index contributed by atoms with van der Waals surface area (Å²) in [6, 6.07) is 7.36. The van der Waals surface area contributed by atoms with Crippen molar-refractivity contribution in [2.24, 2.45) is 11.0 Å². The molecule has 8 heteroatoms. The number of para-hydroxylation sites is 1. The largest absolute Gasteiger partial charge is 0.330 e. The van der Waals surface area contributed by atoms with E-state index in [0.717, 1.165) is 18.5 Å². The molecule has 114 valence electrons. The Kier molecular flexibility index (Phi) is 4.61. The van der Waals surface area contributed by atoms with Crippen LogP contribution in [-0.2, 0) is 4.79 Å². The Morgan fingerprint density at radius 2 is 2.14 bits per heavy atom. The zero-order chi connectivity index (χ0) is 15.5. The lowest BCUT2D eigenvalue weighted by Crippen LogP contribution is -2.18. The lowest BCUT2D eigenvalue weighted by molar-refractivity contribution is -0.122. The van der Waals surface area contributed by atoms with E-state index >= 15 is 0 Å². The van der Waals surface area contributed by atoms with Crippen molar-refractivity contribution in [1.29, 1.82) is 0 Å². The number of carbonyl (C=O) groups is 1. The summed E-state index contributed by atoms with van der Waals surface area (Å²) in [7, 11) is 0. The molecular formula is C14H12Cl2N4OS. The van der Waals surface area contributed by atoms with Gasteiger partial charge in [-0.3, -0.25) is 4.79 Å². The van der Waals surface area contributed by atoms with Crippen molar-refractivity contribution in [3.05, 3.63) is 39.3 Å². The third-order valence-electron chi connectivity index (χ3n) is 3.03. The van der Waals surface area contributed by atoms with Crippen LogP contribution in [0.4, 0.5) is 10.8 Å². The van der Waals surface area contributed by atoms with Gasteiger partial charge in [0.2, 0.25) is 5.91 Å². The maximum Gasteiger partial charge on any atom is 0.243 e. The van der Waals surface area contributed by atoms with Crippen LogP contribution in [0, 0.1) is 5.92 Å². The van der Waals surface area contributed by atoms with Gasteiger partial charge in [0.25, 0.3) is 0 Å². The maximum atomic E-state index is 11.5. The van der Waals surface area contributed by atoms with Crippen LogP contribution in [-0.4, -0.2) is 17.1 Å². The second kappa shape index (κ2) is 6.64. The fourth-order valence-electron chi connectivity index (χ4n) is 1.72. The van der Waals surface area contributed by atoms with Crippen molar-refractivity contribution in [1.82, 2.24) is 10.4 Å². The number of rotatable bonds is 5. The Morgan fingerprint density at radius 3 is 2.86 bits per heavy atom. The van der Waals surface area contributed by atoms with Crippen molar-refractivity contribution in [3.63, 3.8) is 0 Å². The predicted octanol–water partition coefficient (Wildman–Crippen LogP) is 4.05. The Balaban J connectivity index is 1.66. The number of hydrazone groups is 1. The highest BCUT2D eigenvalue weighted by molar-refractivity contribution is 7.17. The number of amides is 1. The van der Waals surface area contributed by atoms with Gasteiger partial charge in [-0.2, -0.15) is 5.10 Å². The predicted molar refractivity (Wildman–Crippen MR) is 90.3 cm³/mol. The molecule has 0 aliphatic heterocycles. The summed E-state index contributed by atoms with van der Waals surface area (Å²) < 4.78 is 0. The Labute approximate surface area is 141 Å². The topological polar surface area (TPSA) is 66.4 Å². The molecule has 0 bridgehead atoms. The van der Waals surface area contributed by atoms with Crippen LogP contribution in [0.1, 0.15) is 17.7 Å². The fourth-order valence-corrected chi connectivity index (χ4v) is 2.94. The van der Waals surface area contributed by atoms with Crippen molar-refractivity contribution < 1.29 is 4.79 Å². The molecule has 0 unspecified atom stereocenters.